The van der Waals surface area contributed by atoms with Crippen molar-refractivity contribution in [3.8, 4) is 0 Å². The van der Waals surface area contributed by atoms with E-state index in [1.807, 2.05) is 4.90 Å². The molecule has 2 aliphatic heterocycles. The number of nitrogens with zero attached hydrogens (tertiary/aromatic N) is 6. The Morgan fingerprint density at radius 2 is 1.84 bits per heavy atom. The van der Waals surface area contributed by atoms with E-state index < -0.39 is 0 Å². The summed E-state index contributed by atoms with van der Waals surface area (Å²) >= 11 is 0. The first-order valence-electron chi connectivity index (χ1n) is 9.39. The molecule has 3 heterocycles. The quantitative estimate of drug-likeness (QED) is 0.597. The maximum atomic E-state index is 11.9. The van der Waals surface area contributed by atoms with Gasteiger partial charge in [0.2, 0.25) is 11.6 Å². The first kappa shape index (κ1) is 17.8. The van der Waals surface area contributed by atoms with Crippen molar-refractivity contribution >= 4 is 17.3 Å². The number of anilines is 2. The van der Waals surface area contributed by atoms with Gasteiger partial charge in [-0.3, -0.25) is 10.1 Å². The smallest absolute Gasteiger partial charge is 0.348 e. The Kier molecular flexibility index (Phi) is 5.67. The van der Waals surface area contributed by atoms with Crippen molar-refractivity contribution in [1.29, 1.82) is 0 Å². The van der Waals surface area contributed by atoms with Gasteiger partial charge in [0.25, 0.3) is 0 Å². The third-order valence-corrected chi connectivity index (χ3v) is 5.46. The van der Waals surface area contributed by atoms with Crippen molar-refractivity contribution < 1.29 is 4.92 Å². The van der Waals surface area contributed by atoms with Crippen LogP contribution in [0.5, 0.6) is 0 Å². The van der Waals surface area contributed by atoms with Crippen molar-refractivity contribution in [1.82, 2.24) is 14.9 Å². The average molecular weight is 348 g/mol. The molecule has 25 heavy (non-hydrogen) atoms. The van der Waals surface area contributed by atoms with E-state index in [2.05, 4.69) is 33.6 Å². The summed E-state index contributed by atoms with van der Waals surface area (Å²) in [4.78, 5) is 26.8. The lowest BCUT2D eigenvalue weighted by molar-refractivity contribution is -0.383. The van der Waals surface area contributed by atoms with E-state index in [1.165, 1.54) is 12.7 Å². The van der Waals surface area contributed by atoms with Crippen molar-refractivity contribution in [2.24, 2.45) is 0 Å². The maximum absolute atomic E-state index is 11.9. The Labute approximate surface area is 149 Å². The Bertz CT molecular complexity index is 603. The number of likely N-dealkylation sites (N-methyl/N-ethyl adjacent to an activating group) is 1. The van der Waals surface area contributed by atoms with Gasteiger partial charge in [0, 0.05) is 38.8 Å². The van der Waals surface area contributed by atoms with Crippen LogP contribution in [0.25, 0.3) is 0 Å². The minimum atomic E-state index is -0.293. The van der Waals surface area contributed by atoms with Crippen LogP contribution in [0.15, 0.2) is 6.33 Å². The van der Waals surface area contributed by atoms with Gasteiger partial charge in [0.1, 0.15) is 6.33 Å². The van der Waals surface area contributed by atoms with E-state index in [9.17, 15) is 10.1 Å². The van der Waals surface area contributed by atoms with Crippen LogP contribution in [-0.4, -0.2) is 65.1 Å². The molecule has 0 spiro atoms. The lowest BCUT2D eigenvalue weighted by Crippen LogP contribution is -2.47. The lowest BCUT2D eigenvalue weighted by atomic mass is 10.00. The van der Waals surface area contributed by atoms with Crippen LogP contribution in [0.4, 0.5) is 17.3 Å². The van der Waals surface area contributed by atoms with Crippen molar-refractivity contribution in [2.45, 2.75) is 45.6 Å². The van der Waals surface area contributed by atoms with Crippen LogP contribution in [0, 0.1) is 10.1 Å². The first-order chi connectivity index (χ1) is 12.2. The van der Waals surface area contributed by atoms with Gasteiger partial charge >= 0.3 is 5.69 Å². The summed E-state index contributed by atoms with van der Waals surface area (Å²) in [5, 5.41) is 11.9. The Hall–Kier alpha value is -1.96. The fraction of sp³-hybridized carbons (Fsp3) is 0.765. The molecule has 8 heteroatoms. The van der Waals surface area contributed by atoms with E-state index in [0.717, 1.165) is 58.5 Å². The van der Waals surface area contributed by atoms with E-state index in [-0.39, 0.29) is 10.6 Å². The molecule has 0 radical (unpaired) electrons. The number of rotatable bonds is 5. The van der Waals surface area contributed by atoms with Crippen LogP contribution in [0.1, 0.15) is 39.5 Å². The second kappa shape index (κ2) is 7.95. The molecule has 0 amide bonds. The van der Waals surface area contributed by atoms with E-state index in [1.54, 1.807) is 0 Å². The maximum Gasteiger partial charge on any atom is 0.353 e. The molecule has 1 aromatic rings. The summed E-state index contributed by atoms with van der Waals surface area (Å²) in [6.07, 6.45) is 5.78. The predicted octanol–water partition coefficient (Wildman–Crippen LogP) is 2.30. The van der Waals surface area contributed by atoms with Gasteiger partial charge in [-0.2, -0.15) is 0 Å². The van der Waals surface area contributed by atoms with Gasteiger partial charge in [-0.25, -0.2) is 9.97 Å². The van der Waals surface area contributed by atoms with E-state index in [0.29, 0.717) is 17.7 Å². The Morgan fingerprint density at radius 1 is 1.12 bits per heavy atom. The highest BCUT2D eigenvalue weighted by Crippen LogP contribution is 2.37. The van der Waals surface area contributed by atoms with Crippen LogP contribution in [0.2, 0.25) is 0 Å². The SMILES string of the molecule is CCC1CCCCN1c1ncnc(N2CCN(CC)CC2)c1[N+](=O)[O-]. The molecular weight excluding hydrogens is 320 g/mol. The number of nitro groups is 1. The van der Waals surface area contributed by atoms with Crippen LogP contribution in [0.3, 0.4) is 0 Å². The van der Waals surface area contributed by atoms with Gasteiger partial charge in [0.15, 0.2) is 0 Å². The van der Waals surface area contributed by atoms with E-state index in [4.69, 9.17) is 0 Å². The van der Waals surface area contributed by atoms with Crippen molar-refractivity contribution in [3.63, 3.8) is 0 Å². The second-order valence-electron chi connectivity index (χ2n) is 6.80. The molecule has 138 valence electrons. The van der Waals surface area contributed by atoms with Gasteiger partial charge in [-0.15, -0.1) is 0 Å². The number of hydrogen-bond acceptors (Lipinski definition) is 7. The highest BCUT2D eigenvalue weighted by atomic mass is 16.6. The number of piperazine rings is 1. The third-order valence-electron chi connectivity index (χ3n) is 5.46. The molecule has 1 aromatic heterocycles. The molecule has 2 fully saturated rings. The molecule has 1 unspecified atom stereocenters. The zero-order valence-corrected chi connectivity index (χ0v) is 15.2. The molecule has 2 aliphatic rings. The zero-order chi connectivity index (χ0) is 17.8. The summed E-state index contributed by atoms with van der Waals surface area (Å²) < 4.78 is 0. The topological polar surface area (TPSA) is 78.6 Å². The van der Waals surface area contributed by atoms with E-state index >= 15 is 0 Å². The second-order valence-corrected chi connectivity index (χ2v) is 6.80. The summed E-state index contributed by atoms with van der Waals surface area (Å²) in [5.41, 5.74) is 0.0767. The molecule has 3 rings (SSSR count). The van der Waals surface area contributed by atoms with Crippen LogP contribution < -0.4 is 9.80 Å². The van der Waals surface area contributed by atoms with Gasteiger partial charge < -0.3 is 14.7 Å². The van der Waals surface area contributed by atoms with Crippen molar-refractivity contribution in [2.75, 3.05) is 49.1 Å². The molecule has 0 aliphatic carbocycles. The number of piperidine rings is 1. The highest BCUT2D eigenvalue weighted by molar-refractivity contribution is 5.71. The van der Waals surface area contributed by atoms with Crippen LogP contribution in [-0.2, 0) is 0 Å². The largest absolute Gasteiger partial charge is 0.353 e. The minimum absolute atomic E-state index is 0.0767. The highest BCUT2D eigenvalue weighted by Gasteiger charge is 2.34. The molecule has 8 nitrogen and oxygen atoms in total. The molecular formula is C17H28N6O2. The third kappa shape index (κ3) is 3.68. The molecule has 2 saturated heterocycles. The lowest BCUT2D eigenvalue weighted by Gasteiger charge is -2.37. The fourth-order valence-corrected chi connectivity index (χ4v) is 3.95. The summed E-state index contributed by atoms with van der Waals surface area (Å²) in [6.45, 7) is 9.48. The monoisotopic (exact) mass is 348 g/mol. The standard InChI is InChI=1S/C17H28N6O2/c1-3-14-7-5-6-8-22(14)17-15(23(24)25)16(18-13-19-17)21-11-9-20(4-2)10-12-21/h13-14H,3-12H2,1-2H3. The fourth-order valence-electron chi connectivity index (χ4n) is 3.95. The molecule has 1 atom stereocenters. The van der Waals surface area contributed by atoms with Gasteiger partial charge in [-0.1, -0.05) is 13.8 Å². The minimum Gasteiger partial charge on any atom is -0.348 e. The normalized spacial score (nSPS) is 22.2. The van der Waals surface area contributed by atoms with Crippen molar-refractivity contribution in [3.05, 3.63) is 16.4 Å². The molecule has 0 N–H and O–H groups in total. The van der Waals surface area contributed by atoms with Gasteiger partial charge in [-0.05, 0) is 32.2 Å². The predicted molar refractivity (Wildman–Crippen MR) is 98.3 cm³/mol. The average Bonchev–Trinajstić information content (AvgIpc) is 2.67. The summed E-state index contributed by atoms with van der Waals surface area (Å²) in [7, 11) is 0. The molecule has 0 aromatic carbocycles. The Balaban J connectivity index is 1.93. The zero-order valence-electron chi connectivity index (χ0n) is 15.2. The molecule has 0 bridgehead atoms. The first-order valence-corrected chi connectivity index (χ1v) is 9.39. The van der Waals surface area contributed by atoms with Gasteiger partial charge in [0.05, 0.1) is 4.92 Å². The summed E-state index contributed by atoms with van der Waals surface area (Å²) in [5.74, 6) is 0.977. The Morgan fingerprint density at radius 3 is 2.48 bits per heavy atom. The number of hydrogen-bond donors (Lipinski definition) is 0. The number of aromatic nitrogens is 2. The summed E-state index contributed by atoms with van der Waals surface area (Å²) in [6, 6.07) is 0.326. The van der Waals surface area contributed by atoms with Crippen LogP contribution >= 0.6 is 0 Å². The molecule has 0 saturated carbocycles.